The Kier molecular flexibility index (Phi) is 2.96. The van der Waals surface area contributed by atoms with E-state index in [-0.39, 0.29) is 12.1 Å². The molecule has 0 saturated carbocycles. The zero-order valence-electron chi connectivity index (χ0n) is 8.92. The minimum Gasteiger partial charge on any atom is -0.478 e. The zero-order valence-corrected chi connectivity index (χ0v) is 8.92. The van der Waals surface area contributed by atoms with Crippen LogP contribution in [0.5, 0.6) is 0 Å². The fourth-order valence-corrected chi connectivity index (χ4v) is 1.26. The molecule has 0 aliphatic heterocycles. The van der Waals surface area contributed by atoms with Crippen LogP contribution in [-0.4, -0.2) is 35.7 Å². The zero-order chi connectivity index (χ0) is 13.1. The minimum atomic E-state index is -1.06. The van der Waals surface area contributed by atoms with Gasteiger partial charge >= 0.3 is 11.9 Å². The van der Waals surface area contributed by atoms with Crippen molar-refractivity contribution in [2.45, 2.75) is 6.54 Å². The van der Waals surface area contributed by atoms with Gasteiger partial charge in [0.1, 0.15) is 6.54 Å². The number of aromatic carboxylic acids is 1. The van der Waals surface area contributed by atoms with E-state index in [0.717, 1.165) is 0 Å². The quantitative estimate of drug-likeness (QED) is 0.611. The van der Waals surface area contributed by atoms with E-state index in [2.05, 4.69) is 15.1 Å². The Balaban J connectivity index is 2.13. The van der Waals surface area contributed by atoms with Crippen LogP contribution in [0.15, 0.2) is 24.7 Å². The second-order valence-electron chi connectivity index (χ2n) is 3.34. The van der Waals surface area contributed by atoms with Crippen molar-refractivity contribution in [3.63, 3.8) is 0 Å². The second kappa shape index (κ2) is 4.57. The lowest BCUT2D eigenvalue weighted by atomic mass is 10.2. The molecule has 9 nitrogen and oxygen atoms in total. The molecule has 92 valence electrons. The van der Waals surface area contributed by atoms with Crippen molar-refractivity contribution >= 4 is 11.9 Å². The highest BCUT2D eigenvalue weighted by Gasteiger charge is 2.13. The number of nitro groups is 1. The van der Waals surface area contributed by atoms with Gasteiger partial charge in [0.25, 0.3) is 0 Å². The van der Waals surface area contributed by atoms with Crippen molar-refractivity contribution in [1.82, 2.24) is 19.7 Å². The average Bonchev–Trinajstić information content (AvgIpc) is 2.78. The Bertz CT molecular complexity index is 591. The van der Waals surface area contributed by atoms with Gasteiger partial charge in [0.15, 0.2) is 0 Å². The number of aromatic nitrogens is 4. The average molecular weight is 249 g/mol. The fraction of sp³-hybridized carbons (Fsp3) is 0.111. The van der Waals surface area contributed by atoms with Crippen LogP contribution in [0, 0.1) is 10.1 Å². The fourth-order valence-electron chi connectivity index (χ4n) is 1.26. The molecule has 0 aromatic carbocycles. The van der Waals surface area contributed by atoms with E-state index < -0.39 is 16.8 Å². The van der Waals surface area contributed by atoms with Gasteiger partial charge in [-0.15, -0.1) is 0 Å². The number of carbonyl (C=O) groups is 1. The van der Waals surface area contributed by atoms with Crippen LogP contribution in [0.2, 0.25) is 0 Å². The Morgan fingerprint density at radius 3 is 2.72 bits per heavy atom. The van der Waals surface area contributed by atoms with E-state index in [1.165, 1.54) is 29.3 Å². The summed E-state index contributed by atoms with van der Waals surface area (Å²) in [7, 11) is 0. The van der Waals surface area contributed by atoms with Crippen LogP contribution in [0.4, 0.5) is 5.95 Å². The normalized spacial score (nSPS) is 10.2. The number of pyridine rings is 1. The minimum absolute atomic E-state index is 0.0725. The number of hydrogen-bond donors (Lipinski definition) is 1. The maximum atomic E-state index is 10.6. The molecule has 1 N–H and O–H groups in total. The molecule has 2 heterocycles. The van der Waals surface area contributed by atoms with Crippen LogP contribution in [0.25, 0.3) is 0 Å². The van der Waals surface area contributed by atoms with Gasteiger partial charge < -0.3 is 15.2 Å². The Morgan fingerprint density at radius 1 is 1.44 bits per heavy atom. The summed E-state index contributed by atoms with van der Waals surface area (Å²) in [5, 5.41) is 22.7. The first kappa shape index (κ1) is 11.6. The van der Waals surface area contributed by atoms with E-state index in [0.29, 0.717) is 5.69 Å². The van der Waals surface area contributed by atoms with Crippen molar-refractivity contribution < 1.29 is 14.8 Å². The monoisotopic (exact) mass is 249 g/mol. The molecule has 0 atom stereocenters. The van der Waals surface area contributed by atoms with Gasteiger partial charge in [-0.25, -0.2) is 4.79 Å². The molecular weight excluding hydrogens is 242 g/mol. The van der Waals surface area contributed by atoms with Gasteiger partial charge in [0.2, 0.25) is 6.33 Å². The smallest absolute Gasteiger partial charge is 0.478 e. The molecule has 0 aliphatic carbocycles. The second-order valence-corrected chi connectivity index (χ2v) is 3.34. The van der Waals surface area contributed by atoms with E-state index in [1.807, 2.05) is 0 Å². The van der Waals surface area contributed by atoms with Gasteiger partial charge in [-0.3, -0.25) is 4.98 Å². The summed E-state index contributed by atoms with van der Waals surface area (Å²) in [4.78, 5) is 27.7. The predicted octanol–water partition coefficient (Wildman–Crippen LogP) is 0.328. The lowest BCUT2D eigenvalue weighted by molar-refractivity contribution is -0.394. The number of carboxylic acid groups (broad SMARTS) is 1. The topological polar surface area (TPSA) is 124 Å². The molecule has 0 aliphatic rings. The molecule has 0 saturated heterocycles. The molecule has 2 aromatic rings. The lowest BCUT2D eigenvalue weighted by Gasteiger charge is -1.98. The Labute approximate surface area is 99.9 Å². The van der Waals surface area contributed by atoms with Crippen LogP contribution in [-0.2, 0) is 6.54 Å². The molecule has 0 fully saturated rings. The number of nitrogens with zero attached hydrogens (tertiary/aromatic N) is 5. The highest BCUT2D eigenvalue weighted by molar-refractivity contribution is 5.87. The van der Waals surface area contributed by atoms with E-state index >= 15 is 0 Å². The summed E-state index contributed by atoms with van der Waals surface area (Å²) >= 11 is 0. The molecule has 2 aromatic heterocycles. The summed E-state index contributed by atoms with van der Waals surface area (Å²) in [6.45, 7) is 0.181. The molecule has 2 rings (SSSR count). The first-order valence-corrected chi connectivity index (χ1v) is 4.78. The largest absolute Gasteiger partial charge is 0.490 e. The third-order valence-corrected chi connectivity index (χ3v) is 2.08. The molecule has 18 heavy (non-hydrogen) atoms. The molecule has 0 spiro atoms. The van der Waals surface area contributed by atoms with Gasteiger partial charge in [0, 0.05) is 11.3 Å². The molecule has 0 unspecified atom stereocenters. The van der Waals surface area contributed by atoms with Crippen LogP contribution in [0.3, 0.4) is 0 Å². The Morgan fingerprint density at radius 2 is 2.22 bits per heavy atom. The van der Waals surface area contributed by atoms with E-state index in [9.17, 15) is 14.9 Å². The highest BCUT2D eigenvalue weighted by atomic mass is 16.6. The van der Waals surface area contributed by atoms with Gasteiger partial charge in [-0.2, -0.15) is 4.68 Å². The number of carboxylic acids is 1. The van der Waals surface area contributed by atoms with Gasteiger partial charge in [-0.05, 0) is 17.1 Å². The van der Waals surface area contributed by atoms with E-state index in [1.54, 1.807) is 0 Å². The van der Waals surface area contributed by atoms with Crippen molar-refractivity contribution in [2.75, 3.05) is 0 Å². The van der Waals surface area contributed by atoms with Gasteiger partial charge in [0.05, 0.1) is 11.3 Å². The molecule has 0 bridgehead atoms. The summed E-state index contributed by atoms with van der Waals surface area (Å²) in [6, 6.07) is 2.91. The van der Waals surface area contributed by atoms with Crippen molar-refractivity contribution in [2.24, 2.45) is 0 Å². The molecule has 9 heteroatoms. The maximum Gasteiger partial charge on any atom is 0.490 e. The van der Waals surface area contributed by atoms with Crippen LogP contribution >= 0.6 is 0 Å². The molecule has 0 radical (unpaired) electrons. The molecule has 0 amide bonds. The van der Waals surface area contributed by atoms with Crippen LogP contribution < -0.4 is 0 Å². The van der Waals surface area contributed by atoms with E-state index in [4.69, 9.17) is 5.11 Å². The van der Waals surface area contributed by atoms with Crippen molar-refractivity contribution in [1.29, 1.82) is 0 Å². The van der Waals surface area contributed by atoms with Crippen molar-refractivity contribution in [3.8, 4) is 0 Å². The highest BCUT2D eigenvalue weighted by Crippen LogP contribution is 2.04. The number of rotatable bonds is 4. The number of hydrogen-bond acceptors (Lipinski definition) is 6. The maximum absolute atomic E-state index is 10.6. The molecular formula is C9H7N5O4. The standard InChI is InChI=1S/C9H7N5O4/c15-8(16)6-1-2-7(10-3-6)4-13-5-11-9(12-13)14(17)18/h1-3,5H,4H2,(H,15,16). The SMILES string of the molecule is O=C(O)c1ccc(Cn2cnc([N+](=O)[O-])n2)nc1. The summed E-state index contributed by atoms with van der Waals surface area (Å²) in [5.41, 5.74) is 0.600. The first-order chi connectivity index (χ1) is 8.56. The first-order valence-electron chi connectivity index (χ1n) is 4.78. The predicted molar refractivity (Wildman–Crippen MR) is 57.0 cm³/mol. The van der Waals surface area contributed by atoms with Crippen LogP contribution in [0.1, 0.15) is 16.1 Å². The summed E-state index contributed by atoms with van der Waals surface area (Å²) in [6.07, 6.45) is 2.42. The van der Waals surface area contributed by atoms with Crippen molar-refractivity contribution in [3.05, 3.63) is 46.0 Å². The third-order valence-electron chi connectivity index (χ3n) is 2.08. The lowest BCUT2D eigenvalue weighted by Crippen LogP contribution is -2.04. The Hall–Kier alpha value is -2.84. The van der Waals surface area contributed by atoms with Gasteiger partial charge in [-0.1, -0.05) is 4.98 Å². The third kappa shape index (κ3) is 2.45. The summed E-state index contributed by atoms with van der Waals surface area (Å²) < 4.78 is 1.25. The summed E-state index contributed by atoms with van der Waals surface area (Å²) in [5.74, 6) is -1.55.